The van der Waals surface area contributed by atoms with Crippen molar-refractivity contribution in [2.75, 3.05) is 6.54 Å². The average Bonchev–Trinajstić information content (AvgIpc) is 2.62. The number of furan rings is 1. The number of carbonyl (C=O) groups excluding carboxylic acids is 1. The number of nitrogens with zero attached hydrogens (tertiary/aromatic N) is 1. The second kappa shape index (κ2) is 4.60. The minimum Gasteiger partial charge on any atom is -0.458 e. The van der Waals surface area contributed by atoms with Crippen molar-refractivity contribution in [3.05, 3.63) is 23.7 Å². The van der Waals surface area contributed by atoms with Crippen molar-refractivity contribution < 1.29 is 9.21 Å². The third kappa shape index (κ3) is 2.54. The van der Waals surface area contributed by atoms with Gasteiger partial charge in [0.25, 0.3) is 0 Å². The Hall–Kier alpha value is -1.38. The lowest BCUT2D eigenvalue weighted by Crippen LogP contribution is -1.92. The molecule has 0 aliphatic carbocycles. The van der Waals surface area contributed by atoms with E-state index in [2.05, 4.69) is 4.99 Å². The topological polar surface area (TPSA) is 42.6 Å². The quantitative estimate of drug-likeness (QED) is 0.525. The Morgan fingerprint density at radius 3 is 2.92 bits per heavy atom. The molecule has 0 saturated carbocycles. The Morgan fingerprint density at radius 2 is 2.38 bits per heavy atom. The predicted molar refractivity (Wildman–Crippen MR) is 51.5 cm³/mol. The van der Waals surface area contributed by atoms with Crippen LogP contribution in [0.1, 0.15) is 36.1 Å². The molecule has 3 heteroatoms. The Bertz CT molecular complexity index is 302. The van der Waals surface area contributed by atoms with Crippen LogP contribution in [0.25, 0.3) is 0 Å². The van der Waals surface area contributed by atoms with Gasteiger partial charge < -0.3 is 4.42 Å². The number of aldehydes is 1. The lowest BCUT2D eigenvalue weighted by molar-refractivity contribution is 0.109. The zero-order valence-corrected chi connectivity index (χ0v) is 7.86. The van der Waals surface area contributed by atoms with Gasteiger partial charge in [0.2, 0.25) is 0 Å². The van der Waals surface area contributed by atoms with Gasteiger partial charge in [-0.2, -0.15) is 0 Å². The van der Waals surface area contributed by atoms with Crippen molar-refractivity contribution in [1.82, 2.24) is 0 Å². The molecule has 0 aromatic carbocycles. The number of hydrogen-bond acceptors (Lipinski definition) is 3. The van der Waals surface area contributed by atoms with E-state index < -0.39 is 0 Å². The Balaban J connectivity index is 2.70. The molecule has 0 spiro atoms. The van der Waals surface area contributed by atoms with Crippen molar-refractivity contribution in [1.29, 1.82) is 0 Å². The van der Waals surface area contributed by atoms with Crippen LogP contribution in [-0.2, 0) is 0 Å². The van der Waals surface area contributed by atoms with Gasteiger partial charge in [0.1, 0.15) is 5.76 Å². The molecule has 1 unspecified atom stereocenters. The van der Waals surface area contributed by atoms with Crippen molar-refractivity contribution in [2.45, 2.75) is 19.8 Å². The van der Waals surface area contributed by atoms with Gasteiger partial charge in [0, 0.05) is 18.7 Å². The van der Waals surface area contributed by atoms with Gasteiger partial charge in [0.15, 0.2) is 12.0 Å². The fourth-order valence-electron chi connectivity index (χ4n) is 1.01. The summed E-state index contributed by atoms with van der Waals surface area (Å²) in [4.78, 5) is 14.4. The molecule has 1 aromatic rings. The van der Waals surface area contributed by atoms with Gasteiger partial charge in [-0.3, -0.25) is 9.79 Å². The highest BCUT2D eigenvalue weighted by Crippen LogP contribution is 2.15. The summed E-state index contributed by atoms with van der Waals surface area (Å²) in [6.07, 6.45) is 2.53. The van der Waals surface area contributed by atoms with Gasteiger partial charge in [-0.25, -0.2) is 0 Å². The molecule has 1 atom stereocenters. The van der Waals surface area contributed by atoms with Crippen molar-refractivity contribution in [3.8, 4) is 0 Å². The monoisotopic (exact) mass is 179 g/mol. The third-order valence-corrected chi connectivity index (χ3v) is 1.72. The molecule has 0 aliphatic rings. The summed E-state index contributed by atoms with van der Waals surface area (Å²) in [5, 5.41) is 0. The molecule has 70 valence electrons. The van der Waals surface area contributed by atoms with Crippen LogP contribution in [-0.4, -0.2) is 19.0 Å². The number of aliphatic imine (C=N–C) groups is 1. The maximum Gasteiger partial charge on any atom is 0.185 e. The van der Waals surface area contributed by atoms with Gasteiger partial charge in [-0.15, -0.1) is 0 Å². The first-order valence-corrected chi connectivity index (χ1v) is 4.32. The zero-order chi connectivity index (χ0) is 9.68. The SMILES string of the molecule is CCN=CC(C)c1ccc(C=O)o1. The zero-order valence-electron chi connectivity index (χ0n) is 7.86. The van der Waals surface area contributed by atoms with Crippen LogP contribution in [0.4, 0.5) is 0 Å². The van der Waals surface area contributed by atoms with Gasteiger partial charge in [-0.1, -0.05) is 6.92 Å². The minimum absolute atomic E-state index is 0.133. The fraction of sp³-hybridized carbons (Fsp3) is 0.400. The summed E-state index contributed by atoms with van der Waals surface area (Å²) in [6, 6.07) is 3.47. The largest absolute Gasteiger partial charge is 0.458 e. The molecule has 0 amide bonds. The highest BCUT2D eigenvalue weighted by molar-refractivity contribution is 5.71. The molecule has 1 aromatic heterocycles. The van der Waals surface area contributed by atoms with E-state index in [1.807, 2.05) is 20.1 Å². The number of hydrogen-bond donors (Lipinski definition) is 0. The molecule has 0 bridgehead atoms. The minimum atomic E-state index is 0.133. The molecule has 0 aliphatic heterocycles. The Morgan fingerprint density at radius 1 is 1.62 bits per heavy atom. The third-order valence-electron chi connectivity index (χ3n) is 1.72. The lowest BCUT2D eigenvalue weighted by atomic mass is 10.1. The lowest BCUT2D eigenvalue weighted by Gasteiger charge is -1.99. The summed E-state index contributed by atoms with van der Waals surface area (Å²) in [7, 11) is 0. The van der Waals surface area contributed by atoms with E-state index in [4.69, 9.17) is 4.42 Å². The summed E-state index contributed by atoms with van der Waals surface area (Å²) < 4.78 is 5.23. The van der Waals surface area contributed by atoms with Crippen LogP contribution < -0.4 is 0 Å². The first-order valence-electron chi connectivity index (χ1n) is 4.32. The molecule has 0 N–H and O–H groups in total. The van der Waals surface area contributed by atoms with Crippen LogP contribution >= 0.6 is 0 Å². The summed E-state index contributed by atoms with van der Waals surface area (Å²) in [6.45, 7) is 4.72. The van der Waals surface area contributed by atoms with E-state index in [0.717, 1.165) is 12.3 Å². The second-order valence-corrected chi connectivity index (χ2v) is 2.79. The summed E-state index contributed by atoms with van der Waals surface area (Å²) >= 11 is 0. The molecule has 0 fully saturated rings. The average molecular weight is 179 g/mol. The van der Waals surface area contributed by atoms with E-state index in [9.17, 15) is 4.79 Å². The van der Waals surface area contributed by atoms with E-state index in [-0.39, 0.29) is 5.92 Å². The highest BCUT2D eigenvalue weighted by atomic mass is 16.3. The van der Waals surface area contributed by atoms with Crippen molar-refractivity contribution >= 4 is 12.5 Å². The first-order chi connectivity index (χ1) is 6.27. The predicted octanol–water partition coefficient (Wildman–Crippen LogP) is 2.29. The first kappa shape index (κ1) is 9.71. The molecule has 0 saturated heterocycles. The molecular formula is C10H13NO2. The standard InChI is InChI=1S/C10H13NO2/c1-3-11-6-8(2)10-5-4-9(7-12)13-10/h4-8H,3H2,1-2H3. The van der Waals surface area contributed by atoms with Gasteiger partial charge in [-0.05, 0) is 19.1 Å². The Kier molecular flexibility index (Phi) is 3.43. The molecule has 0 radical (unpaired) electrons. The molecule has 1 heterocycles. The van der Waals surface area contributed by atoms with Crippen LogP contribution in [0.3, 0.4) is 0 Å². The van der Waals surface area contributed by atoms with Crippen LogP contribution in [0.2, 0.25) is 0 Å². The van der Waals surface area contributed by atoms with Gasteiger partial charge >= 0.3 is 0 Å². The highest BCUT2D eigenvalue weighted by Gasteiger charge is 2.07. The fourth-order valence-corrected chi connectivity index (χ4v) is 1.01. The van der Waals surface area contributed by atoms with E-state index in [1.165, 1.54) is 0 Å². The van der Waals surface area contributed by atoms with Crippen LogP contribution in [0.15, 0.2) is 21.5 Å². The van der Waals surface area contributed by atoms with Gasteiger partial charge in [0.05, 0.1) is 0 Å². The molecule has 1 rings (SSSR count). The number of carbonyl (C=O) groups is 1. The normalized spacial score (nSPS) is 13.4. The van der Waals surface area contributed by atoms with Crippen LogP contribution in [0, 0.1) is 0 Å². The molecule has 13 heavy (non-hydrogen) atoms. The number of rotatable bonds is 4. The van der Waals surface area contributed by atoms with Crippen molar-refractivity contribution in [3.63, 3.8) is 0 Å². The Labute approximate surface area is 77.5 Å². The maximum atomic E-state index is 10.3. The van der Waals surface area contributed by atoms with E-state index >= 15 is 0 Å². The summed E-state index contributed by atoms with van der Waals surface area (Å²) in [5.41, 5.74) is 0. The smallest absolute Gasteiger partial charge is 0.185 e. The van der Waals surface area contributed by atoms with E-state index in [0.29, 0.717) is 12.0 Å². The molecule has 3 nitrogen and oxygen atoms in total. The van der Waals surface area contributed by atoms with E-state index in [1.54, 1.807) is 12.1 Å². The summed E-state index contributed by atoms with van der Waals surface area (Å²) in [5.74, 6) is 1.28. The second-order valence-electron chi connectivity index (χ2n) is 2.79. The van der Waals surface area contributed by atoms with Crippen LogP contribution in [0.5, 0.6) is 0 Å². The van der Waals surface area contributed by atoms with Crippen molar-refractivity contribution in [2.24, 2.45) is 4.99 Å². The maximum absolute atomic E-state index is 10.3. The molecular weight excluding hydrogens is 166 g/mol.